The van der Waals surface area contributed by atoms with E-state index >= 15 is 0 Å². The lowest BCUT2D eigenvalue weighted by Gasteiger charge is -2.31. The Hall–Kier alpha value is -0.970. The van der Waals surface area contributed by atoms with Crippen LogP contribution in [0.15, 0.2) is 24.5 Å². The molecule has 1 aromatic rings. The van der Waals surface area contributed by atoms with Crippen molar-refractivity contribution in [1.82, 2.24) is 21.2 Å². The Morgan fingerprint density at radius 2 is 1.88 bits per heavy atom. The predicted octanol–water partition coefficient (Wildman–Crippen LogP) is 0.641. The van der Waals surface area contributed by atoms with Crippen molar-refractivity contribution in [3.8, 4) is 0 Å². The normalized spacial score (nSPS) is 30.6. The van der Waals surface area contributed by atoms with Crippen LogP contribution in [0.3, 0.4) is 0 Å². The largest absolute Gasteiger partial charge is 0.317 e. The highest BCUT2D eigenvalue weighted by molar-refractivity contribution is 5.20. The first-order chi connectivity index (χ1) is 8.45. The van der Waals surface area contributed by atoms with Crippen molar-refractivity contribution in [2.45, 2.75) is 24.8 Å². The molecule has 2 fully saturated rings. The minimum Gasteiger partial charge on any atom is -0.317 e. The smallest absolute Gasteiger partial charge is 0.0323 e. The number of pyridine rings is 1. The number of rotatable bonds is 2. The lowest BCUT2D eigenvalue weighted by atomic mass is 9.81. The molecule has 0 spiro atoms. The van der Waals surface area contributed by atoms with Crippen molar-refractivity contribution in [3.63, 3.8) is 0 Å². The van der Waals surface area contributed by atoms with Gasteiger partial charge in [-0.2, -0.15) is 0 Å². The van der Waals surface area contributed by atoms with E-state index in [1.54, 1.807) is 0 Å². The van der Waals surface area contributed by atoms with E-state index in [0.29, 0.717) is 12.0 Å². The lowest BCUT2D eigenvalue weighted by Crippen LogP contribution is -2.42. The second kappa shape index (κ2) is 5.12. The molecule has 2 saturated heterocycles. The van der Waals surface area contributed by atoms with Crippen molar-refractivity contribution in [3.05, 3.63) is 30.1 Å². The number of nitrogens with one attached hydrogen (secondary N) is 3. The number of nitrogens with zero attached hydrogens (tertiary/aromatic N) is 1. The quantitative estimate of drug-likeness (QED) is 0.700. The average Bonchev–Trinajstić information content (AvgIpc) is 2.90. The van der Waals surface area contributed by atoms with Crippen LogP contribution in [0.4, 0.5) is 0 Å². The van der Waals surface area contributed by atoms with E-state index in [-0.39, 0.29) is 0 Å². The molecule has 4 nitrogen and oxygen atoms in total. The number of piperidine rings is 1. The molecule has 0 bridgehead atoms. The van der Waals surface area contributed by atoms with Crippen LogP contribution in [0.5, 0.6) is 0 Å². The fourth-order valence-corrected chi connectivity index (χ4v) is 3.10. The number of hydrazine groups is 1. The van der Waals surface area contributed by atoms with E-state index in [4.69, 9.17) is 0 Å². The lowest BCUT2D eigenvalue weighted by molar-refractivity contribution is 0.280. The molecule has 0 radical (unpaired) electrons. The Bertz CT molecular complexity index is 348. The zero-order valence-corrected chi connectivity index (χ0v) is 10.0. The van der Waals surface area contributed by atoms with E-state index in [1.165, 1.54) is 18.4 Å². The summed E-state index contributed by atoms with van der Waals surface area (Å²) >= 11 is 0. The van der Waals surface area contributed by atoms with Crippen LogP contribution in [0.1, 0.15) is 24.3 Å². The Labute approximate surface area is 102 Å². The van der Waals surface area contributed by atoms with Gasteiger partial charge in [-0.25, -0.2) is 0 Å². The molecule has 17 heavy (non-hydrogen) atoms. The molecule has 0 amide bonds. The maximum Gasteiger partial charge on any atom is 0.0323 e. The van der Waals surface area contributed by atoms with E-state index in [2.05, 4.69) is 33.3 Å². The van der Waals surface area contributed by atoms with Gasteiger partial charge < -0.3 is 5.32 Å². The summed E-state index contributed by atoms with van der Waals surface area (Å²) in [5.74, 6) is 1.37. The summed E-state index contributed by atoms with van der Waals surface area (Å²) in [4.78, 5) is 4.10. The molecule has 3 N–H and O–H groups in total. The van der Waals surface area contributed by atoms with Gasteiger partial charge in [0, 0.05) is 30.9 Å². The number of hydrogen-bond acceptors (Lipinski definition) is 4. The molecule has 0 aromatic carbocycles. The first-order valence-electron chi connectivity index (χ1n) is 6.54. The van der Waals surface area contributed by atoms with Gasteiger partial charge in [-0.05, 0) is 49.5 Å². The van der Waals surface area contributed by atoms with Crippen molar-refractivity contribution in [2.75, 3.05) is 19.6 Å². The van der Waals surface area contributed by atoms with Gasteiger partial charge in [0.05, 0.1) is 0 Å². The van der Waals surface area contributed by atoms with Gasteiger partial charge in [0.15, 0.2) is 0 Å². The van der Waals surface area contributed by atoms with E-state index < -0.39 is 0 Å². The first kappa shape index (κ1) is 11.1. The third-order valence-electron chi connectivity index (χ3n) is 4.05. The summed E-state index contributed by atoms with van der Waals surface area (Å²) in [6.07, 6.45) is 6.35. The number of aromatic nitrogens is 1. The zero-order valence-electron chi connectivity index (χ0n) is 10.0. The minimum atomic E-state index is 0.569. The van der Waals surface area contributed by atoms with E-state index in [0.717, 1.165) is 25.6 Å². The minimum absolute atomic E-state index is 0.569. The summed E-state index contributed by atoms with van der Waals surface area (Å²) in [5, 5.41) is 3.43. The third kappa shape index (κ3) is 2.34. The van der Waals surface area contributed by atoms with Gasteiger partial charge in [0.1, 0.15) is 0 Å². The third-order valence-corrected chi connectivity index (χ3v) is 4.05. The van der Waals surface area contributed by atoms with Crippen LogP contribution in [0.25, 0.3) is 0 Å². The van der Waals surface area contributed by atoms with E-state index in [9.17, 15) is 0 Å². The van der Waals surface area contributed by atoms with Crippen LogP contribution in [-0.4, -0.2) is 30.7 Å². The first-order valence-corrected chi connectivity index (χ1v) is 6.54. The molecular formula is C13H20N4. The molecule has 3 rings (SSSR count). The van der Waals surface area contributed by atoms with Crippen LogP contribution in [-0.2, 0) is 0 Å². The van der Waals surface area contributed by atoms with Gasteiger partial charge in [0.2, 0.25) is 0 Å². The summed E-state index contributed by atoms with van der Waals surface area (Å²) < 4.78 is 0. The highest BCUT2D eigenvalue weighted by Crippen LogP contribution is 2.30. The molecule has 0 saturated carbocycles. The SMILES string of the molecule is c1cc(C2CNNC2C2CCNCC2)ccn1. The van der Waals surface area contributed by atoms with Gasteiger partial charge >= 0.3 is 0 Å². The van der Waals surface area contributed by atoms with Crippen LogP contribution in [0, 0.1) is 5.92 Å². The van der Waals surface area contributed by atoms with Crippen LogP contribution in [0.2, 0.25) is 0 Å². The van der Waals surface area contributed by atoms with Crippen LogP contribution < -0.4 is 16.2 Å². The molecule has 2 aliphatic rings. The molecule has 2 unspecified atom stereocenters. The van der Waals surface area contributed by atoms with Crippen molar-refractivity contribution in [2.24, 2.45) is 5.92 Å². The number of hydrogen-bond donors (Lipinski definition) is 3. The van der Waals surface area contributed by atoms with E-state index in [1.807, 2.05) is 12.4 Å². The maximum absolute atomic E-state index is 4.10. The molecule has 3 heterocycles. The Kier molecular flexibility index (Phi) is 3.36. The highest BCUT2D eigenvalue weighted by Gasteiger charge is 2.34. The molecule has 2 atom stereocenters. The Balaban J connectivity index is 1.75. The molecule has 0 aliphatic carbocycles. The monoisotopic (exact) mass is 232 g/mol. The fraction of sp³-hybridized carbons (Fsp3) is 0.615. The molecule has 4 heteroatoms. The Morgan fingerprint density at radius 3 is 2.65 bits per heavy atom. The summed E-state index contributed by atoms with van der Waals surface area (Å²) in [6, 6.07) is 4.86. The van der Waals surface area contributed by atoms with Gasteiger partial charge in [0.25, 0.3) is 0 Å². The Morgan fingerprint density at radius 1 is 1.12 bits per heavy atom. The second-order valence-corrected chi connectivity index (χ2v) is 5.03. The fourth-order valence-electron chi connectivity index (χ4n) is 3.10. The molecule has 1 aromatic heterocycles. The topological polar surface area (TPSA) is 49.0 Å². The summed E-state index contributed by atoms with van der Waals surface area (Å²) in [6.45, 7) is 3.34. The highest BCUT2D eigenvalue weighted by atomic mass is 15.4. The van der Waals surface area contributed by atoms with Crippen molar-refractivity contribution < 1.29 is 0 Å². The maximum atomic E-state index is 4.10. The standard InChI is InChI=1S/C13H20N4/c1-5-14-6-2-10(1)12-9-16-17-13(12)11-3-7-15-8-4-11/h1-2,5-6,11-13,15-17H,3-4,7-9H2. The average molecular weight is 232 g/mol. The van der Waals surface area contributed by atoms with Gasteiger partial charge in [-0.15, -0.1) is 0 Å². The molecule has 92 valence electrons. The van der Waals surface area contributed by atoms with Crippen molar-refractivity contribution >= 4 is 0 Å². The molecule has 2 aliphatic heterocycles. The summed E-state index contributed by atoms with van der Waals surface area (Å²) in [5.41, 5.74) is 8.21. The zero-order chi connectivity index (χ0) is 11.5. The molecular weight excluding hydrogens is 212 g/mol. The van der Waals surface area contributed by atoms with Crippen molar-refractivity contribution in [1.29, 1.82) is 0 Å². The summed E-state index contributed by atoms with van der Waals surface area (Å²) in [7, 11) is 0. The second-order valence-electron chi connectivity index (χ2n) is 5.03. The van der Waals surface area contributed by atoms with Gasteiger partial charge in [-0.1, -0.05) is 0 Å². The van der Waals surface area contributed by atoms with Gasteiger partial charge in [-0.3, -0.25) is 15.8 Å². The van der Waals surface area contributed by atoms with Crippen LogP contribution >= 0.6 is 0 Å². The predicted molar refractivity (Wildman–Crippen MR) is 67.5 cm³/mol.